The lowest BCUT2D eigenvalue weighted by Gasteiger charge is -2.04. The highest BCUT2D eigenvalue weighted by molar-refractivity contribution is 5.86. The topological polar surface area (TPSA) is 88.9 Å². The molecule has 0 unspecified atom stereocenters. The van der Waals surface area contributed by atoms with E-state index in [1.807, 2.05) is 24.3 Å². The van der Waals surface area contributed by atoms with Crippen molar-refractivity contribution in [2.75, 3.05) is 7.05 Å². The van der Waals surface area contributed by atoms with Crippen molar-refractivity contribution in [3.05, 3.63) is 48.4 Å². The van der Waals surface area contributed by atoms with Crippen LogP contribution < -0.4 is 4.74 Å². The average molecular weight is 280 g/mol. The molecule has 2 heterocycles. The summed E-state index contributed by atoms with van der Waals surface area (Å²) in [7, 11) is 1.69. The zero-order valence-corrected chi connectivity index (χ0v) is 11.3. The van der Waals surface area contributed by atoms with Crippen LogP contribution in [0.15, 0.2) is 47.7 Å². The summed E-state index contributed by atoms with van der Waals surface area (Å²) in [6.07, 6.45) is 4.89. The van der Waals surface area contributed by atoms with E-state index in [9.17, 15) is 0 Å². The molecule has 0 saturated carbocycles. The summed E-state index contributed by atoms with van der Waals surface area (Å²) < 4.78 is 5.60. The van der Waals surface area contributed by atoms with E-state index in [-0.39, 0.29) is 0 Å². The van der Waals surface area contributed by atoms with Crippen molar-refractivity contribution in [2.24, 2.45) is 4.99 Å². The maximum absolute atomic E-state index is 5.60. The first-order valence-electron chi connectivity index (χ1n) is 6.25. The van der Waals surface area contributed by atoms with E-state index in [0.717, 1.165) is 5.56 Å². The standard InChI is InChI=1S/C14H12N6O/c1-15-9-12-13(19-20-18-12)10-4-2-5-11(8-10)21-14-16-6-3-7-17-14/h2-9H,1H3,(H,18,19,20). The molecule has 21 heavy (non-hydrogen) atoms. The summed E-state index contributed by atoms with van der Waals surface area (Å²) in [6.45, 7) is 0. The Bertz CT molecular complexity index is 753. The largest absolute Gasteiger partial charge is 0.424 e. The Hall–Kier alpha value is -3.09. The van der Waals surface area contributed by atoms with E-state index < -0.39 is 0 Å². The zero-order valence-electron chi connectivity index (χ0n) is 11.3. The van der Waals surface area contributed by atoms with Gasteiger partial charge in [-0.2, -0.15) is 15.4 Å². The lowest BCUT2D eigenvalue weighted by molar-refractivity contribution is 0.442. The summed E-state index contributed by atoms with van der Waals surface area (Å²) in [6, 6.07) is 9.49. The fourth-order valence-corrected chi connectivity index (χ4v) is 1.81. The summed E-state index contributed by atoms with van der Waals surface area (Å²) in [4.78, 5) is 12.0. The van der Waals surface area contributed by atoms with Gasteiger partial charge in [-0.15, -0.1) is 0 Å². The van der Waals surface area contributed by atoms with Gasteiger partial charge in [0.2, 0.25) is 0 Å². The Labute approximate surface area is 120 Å². The van der Waals surface area contributed by atoms with E-state index in [0.29, 0.717) is 23.1 Å². The predicted octanol–water partition coefficient (Wildman–Crippen LogP) is 2.10. The van der Waals surface area contributed by atoms with Gasteiger partial charge in [0, 0.05) is 25.0 Å². The maximum atomic E-state index is 5.60. The molecule has 0 saturated heterocycles. The predicted molar refractivity (Wildman–Crippen MR) is 77.4 cm³/mol. The molecule has 3 rings (SSSR count). The highest BCUT2D eigenvalue weighted by atomic mass is 16.5. The number of rotatable bonds is 4. The van der Waals surface area contributed by atoms with Crippen molar-refractivity contribution in [1.82, 2.24) is 25.4 Å². The SMILES string of the molecule is CN=Cc1n[nH]nc1-c1cccc(Oc2ncccn2)c1. The van der Waals surface area contributed by atoms with Crippen LogP contribution in [0, 0.1) is 0 Å². The normalized spacial score (nSPS) is 10.9. The summed E-state index contributed by atoms with van der Waals surface area (Å²) >= 11 is 0. The fourth-order valence-electron chi connectivity index (χ4n) is 1.81. The van der Waals surface area contributed by atoms with Gasteiger partial charge in [-0.05, 0) is 18.2 Å². The van der Waals surface area contributed by atoms with Crippen LogP contribution >= 0.6 is 0 Å². The Balaban J connectivity index is 1.91. The number of nitrogens with one attached hydrogen (secondary N) is 1. The molecule has 0 bridgehead atoms. The molecular weight excluding hydrogens is 268 g/mol. The molecule has 0 fully saturated rings. The number of ether oxygens (including phenoxy) is 1. The van der Waals surface area contributed by atoms with E-state index >= 15 is 0 Å². The van der Waals surface area contributed by atoms with Crippen LogP contribution in [0.25, 0.3) is 11.3 Å². The minimum atomic E-state index is 0.296. The van der Waals surface area contributed by atoms with E-state index in [2.05, 4.69) is 30.4 Å². The highest BCUT2D eigenvalue weighted by Crippen LogP contribution is 2.25. The molecule has 1 aromatic carbocycles. The molecule has 7 heteroatoms. The highest BCUT2D eigenvalue weighted by Gasteiger charge is 2.09. The Kier molecular flexibility index (Phi) is 3.64. The molecule has 2 aromatic heterocycles. The lowest BCUT2D eigenvalue weighted by Crippen LogP contribution is -1.91. The second-order valence-corrected chi connectivity index (χ2v) is 4.11. The number of aromatic amines is 1. The molecule has 0 amide bonds. The summed E-state index contributed by atoms with van der Waals surface area (Å²) in [5.74, 6) is 0.626. The van der Waals surface area contributed by atoms with Gasteiger partial charge in [0.1, 0.15) is 17.1 Å². The number of H-pyrrole nitrogens is 1. The van der Waals surface area contributed by atoms with E-state index in [1.165, 1.54) is 0 Å². The number of hydrogen-bond acceptors (Lipinski definition) is 6. The number of aromatic nitrogens is 5. The van der Waals surface area contributed by atoms with Crippen LogP contribution in [0.2, 0.25) is 0 Å². The lowest BCUT2D eigenvalue weighted by atomic mass is 10.1. The first kappa shape index (κ1) is 12.9. The summed E-state index contributed by atoms with van der Waals surface area (Å²) in [5, 5.41) is 10.8. The van der Waals surface area contributed by atoms with Crippen molar-refractivity contribution in [3.8, 4) is 23.0 Å². The van der Waals surface area contributed by atoms with Gasteiger partial charge in [0.25, 0.3) is 0 Å². The van der Waals surface area contributed by atoms with Gasteiger partial charge in [-0.1, -0.05) is 12.1 Å². The molecule has 104 valence electrons. The molecule has 0 spiro atoms. The van der Waals surface area contributed by atoms with E-state index in [4.69, 9.17) is 4.74 Å². The molecule has 3 aromatic rings. The molecule has 7 nitrogen and oxygen atoms in total. The smallest absolute Gasteiger partial charge is 0.321 e. The molecule has 0 aliphatic carbocycles. The van der Waals surface area contributed by atoms with E-state index in [1.54, 1.807) is 31.7 Å². The summed E-state index contributed by atoms with van der Waals surface area (Å²) in [5.41, 5.74) is 2.25. The zero-order chi connectivity index (χ0) is 14.5. The Morgan fingerprint density at radius 3 is 2.81 bits per heavy atom. The average Bonchev–Trinajstić information content (AvgIpc) is 2.97. The quantitative estimate of drug-likeness (QED) is 0.739. The van der Waals surface area contributed by atoms with Crippen LogP contribution in [0.3, 0.4) is 0 Å². The minimum absolute atomic E-state index is 0.296. The van der Waals surface area contributed by atoms with Gasteiger partial charge >= 0.3 is 6.01 Å². The van der Waals surface area contributed by atoms with Crippen LogP contribution in [-0.2, 0) is 0 Å². The first-order chi connectivity index (χ1) is 10.4. The Morgan fingerprint density at radius 1 is 1.14 bits per heavy atom. The monoisotopic (exact) mass is 280 g/mol. The van der Waals surface area contributed by atoms with Gasteiger partial charge in [-0.25, -0.2) is 9.97 Å². The van der Waals surface area contributed by atoms with Crippen molar-refractivity contribution in [3.63, 3.8) is 0 Å². The first-order valence-corrected chi connectivity index (χ1v) is 6.25. The number of nitrogens with zero attached hydrogens (tertiary/aromatic N) is 5. The molecule has 0 radical (unpaired) electrons. The molecule has 0 atom stereocenters. The van der Waals surface area contributed by atoms with Crippen molar-refractivity contribution >= 4 is 6.21 Å². The van der Waals surface area contributed by atoms with Gasteiger partial charge in [-0.3, -0.25) is 4.99 Å². The number of hydrogen-bond donors (Lipinski definition) is 1. The number of aliphatic imine (C=N–C) groups is 1. The second-order valence-electron chi connectivity index (χ2n) is 4.11. The Morgan fingerprint density at radius 2 is 2.00 bits per heavy atom. The van der Waals surface area contributed by atoms with Crippen LogP contribution in [-0.4, -0.2) is 38.6 Å². The van der Waals surface area contributed by atoms with Gasteiger partial charge in [0.15, 0.2) is 0 Å². The van der Waals surface area contributed by atoms with Crippen molar-refractivity contribution in [2.45, 2.75) is 0 Å². The van der Waals surface area contributed by atoms with Crippen molar-refractivity contribution < 1.29 is 4.74 Å². The number of benzene rings is 1. The van der Waals surface area contributed by atoms with Crippen LogP contribution in [0.4, 0.5) is 0 Å². The molecule has 1 N–H and O–H groups in total. The fraction of sp³-hybridized carbons (Fsp3) is 0.0714. The van der Waals surface area contributed by atoms with Crippen molar-refractivity contribution in [1.29, 1.82) is 0 Å². The third-order valence-electron chi connectivity index (χ3n) is 2.68. The molecular formula is C14H12N6O. The second kappa shape index (κ2) is 5.91. The molecule has 0 aliphatic heterocycles. The van der Waals surface area contributed by atoms with Gasteiger partial charge in [0.05, 0.1) is 6.21 Å². The van der Waals surface area contributed by atoms with Crippen LogP contribution in [0.5, 0.6) is 11.8 Å². The van der Waals surface area contributed by atoms with Crippen LogP contribution in [0.1, 0.15) is 5.69 Å². The maximum Gasteiger partial charge on any atom is 0.321 e. The third kappa shape index (κ3) is 2.92. The third-order valence-corrected chi connectivity index (χ3v) is 2.68. The minimum Gasteiger partial charge on any atom is -0.424 e. The van der Waals surface area contributed by atoms with Gasteiger partial charge < -0.3 is 4.74 Å². The molecule has 0 aliphatic rings.